The van der Waals surface area contributed by atoms with E-state index in [1.807, 2.05) is 0 Å². The van der Waals surface area contributed by atoms with Gasteiger partial charge in [-0.05, 0) is 6.92 Å². The molecule has 13 unspecified atom stereocenters. The molecule has 7 heterocycles. The van der Waals surface area contributed by atoms with Gasteiger partial charge in [-0.25, -0.2) is 4.68 Å². The zero-order valence-electron chi connectivity index (χ0n) is 51.7. The summed E-state index contributed by atoms with van der Waals surface area (Å²) in [6, 6.07) is -1.86. The number of carbonyl (C=O) groups is 2. The van der Waals surface area contributed by atoms with E-state index in [0.29, 0.717) is 46.2 Å². The van der Waals surface area contributed by atoms with Gasteiger partial charge in [0.1, 0.15) is 134 Å². The fourth-order valence-corrected chi connectivity index (χ4v) is 11.4. The first kappa shape index (κ1) is 77.2. The van der Waals surface area contributed by atoms with Crippen LogP contribution in [0.3, 0.4) is 0 Å². The summed E-state index contributed by atoms with van der Waals surface area (Å²) in [5.74, 6) is -2.71. The maximum atomic E-state index is 13.2. The van der Waals surface area contributed by atoms with Crippen LogP contribution in [0.25, 0.3) is 0 Å². The van der Waals surface area contributed by atoms with Crippen LogP contribution in [-0.2, 0) is 93.7 Å². The van der Waals surface area contributed by atoms with Gasteiger partial charge in [0.05, 0.1) is 117 Å². The van der Waals surface area contributed by atoms with Gasteiger partial charge in [-0.15, -0.1) is 5.10 Å². The van der Waals surface area contributed by atoms with Crippen molar-refractivity contribution >= 4 is 11.8 Å². The van der Waals surface area contributed by atoms with Crippen LogP contribution in [0.4, 0.5) is 0 Å². The zero-order chi connectivity index (χ0) is 68.0. The van der Waals surface area contributed by atoms with E-state index in [1.165, 1.54) is 24.7 Å². The molecule has 0 aromatic carbocycles. The second-order valence-corrected chi connectivity index (χ2v) is 23.2. The van der Waals surface area contributed by atoms with Gasteiger partial charge in [0.25, 0.3) is 0 Å². The van der Waals surface area contributed by atoms with Crippen molar-refractivity contribution in [1.29, 1.82) is 0 Å². The average Bonchev–Trinajstić information content (AvgIpc) is 0.809. The molecule has 6 aliphatic heterocycles. The molecule has 1 aromatic rings. The highest BCUT2D eigenvalue weighted by atomic mass is 16.8. The molecule has 6 fully saturated rings. The Labute approximate surface area is 533 Å². The number of nitrogens with one attached hydrogen (secondary N) is 1. The summed E-state index contributed by atoms with van der Waals surface area (Å²) in [4.78, 5) is 27.4. The molecule has 39 heteroatoms. The Balaban J connectivity index is 1.06. The number of rotatable bonds is 33. The van der Waals surface area contributed by atoms with Gasteiger partial charge in [0.2, 0.25) is 11.8 Å². The van der Waals surface area contributed by atoms with Crippen molar-refractivity contribution in [3.05, 3.63) is 11.9 Å². The van der Waals surface area contributed by atoms with Crippen molar-refractivity contribution in [1.82, 2.24) is 25.2 Å². The number of nitrogens with two attached hydrogens (primary N) is 1. The van der Waals surface area contributed by atoms with E-state index in [2.05, 4.69) is 15.6 Å². The third-order valence-electron chi connectivity index (χ3n) is 16.6. The molecule has 0 bridgehead atoms. The van der Waals surface area contributed by atoms with Gasteiger partial charge < -0.3 is 169 Å². The average molecular weight is 1360 g/mol. The van der Waals surface area contributed by atoms with Crippen LogP contribution in [0.2, 0.25) is 0 Å². The molecule has 0 spiro atoms. The molecule has 1 aromatic heterocycles. The monoisotopic (exact) mass is 1350 g/mol. The number of carbonyl (C=O) groups excluding carboxylic acids is 2. The van der Waals surface area contributed by atoms with Crippen LogP contribution in [0, 0.1) is 5.92 Å². The van der Waals surface area contributed by atoms with Crippen molar-refractivity contribution < 1.29 is 162 Å². The first-order chi connectivity index (χ1) is 44.4. The second kappa shape index (κ2) is 36.6. The van der Waals surface area contributed by atoms with E-state index >= 15 is 0 Å². The summed E-state index contributed by atoms with van der Waals surface area (Å²) < 4.78 is 89.3. The minimum atomic E-state index is -2.24. The normalized spacial score (nSPS) is 41.6. The van der Waals surface area contributed by atoms with Gasteiger partial charge >= 0.3 is 0 Å². The highest BCUT2D eigenvalue weighted by Crippen LogP contribution is 2.39. The number of hydrogen-bond acceptors (Lipinski definition) is 36. The fourth-order valence-electron chi connectivity index (χ4n) is 11.4. The molecule has 2 amide bonds. The molecule has 0 saturated carbocycles. The Morgan fingerprint density at radius 3 is 1.56 bits per heavy atom. The predicted molar refractivity (Wildman–Crippen MR) is 299 cm³/mol. The summed E-state index contributed by atoms with van der Waals surface area (Å²) in [5.41, 5.74) is 5.59. The van der Waals surface area contributed by atoms with E-state index in [1.54, 1.807) is 0 Å². The number of hydrogen-bond donors (Lipinski definition) is 18. The second-order valence-electron chi connectivity index (χ2n) is 23.2. The maximum Gasteiger partial charge on any atom is 0.221 e. The molecular weight excluding hydrogens is 1260 g/mol. The molecule has 19 N–H and O–H groups in total. The van der Waals surface area contributed by atoms with E-state index < -0.39 is 229 Å². The number of aliphatic hydroxyl groups is 16. The standard InChI is InChI=1S/C54H94N6O33/c1-22-33(68)35(70)27(17-61)85-50(22)92-47-38(73)30(20-64)88-54(48(47)93-52-42(77)39(74)34(69)23(2)83-52)90-45-32(56-24(3)66)51(86-28(18-62)36(45)71)91-46-37(72)29(19-63)87-53(43(46)78)89-44-31(21-65)84-49(41(76)40(44)75)60(25(4)67)16-26-15-59(58-57-26)6-8-80-10-12-82-14-13-81-11-9-79-7-5-55/h15,22-23,27-54,61-65,68-78H,5-14,16-21,55H2,1-4H3,(H,56,66)/t22-,23?,27?,28?,29?,30?,31-,32-,33+,34+,35-,36+,37-,38-,39-,40?,41?,42+,43-,44+,45+,46-,47-,48-,49?,50?,51?,52?,53?,54?/m0/s1. The van der Waals surface area contributed by atoms with E-state index in [9.17, 15) is 91.3 Å². The lowest BCUT2D eigenvalue weighted by Gasteiger charge is -2.52. The van der Waals surface area contributed by atoms with Crippen molar-refractivity contribution in [2.75, 3.05) is 92.4 Å². The van der Waals surface area contributed by atoms with Crippen molar-refractivity contribution in [3.63, 3.8) is 0 Å². The van der Waals surface area contributed by atoms with Crippen LogP contribution < -0.4 is 11.1 Å². The van der Waals surface area contributed by atoms with E-state index in [4.69, 9.17) is 76.8 Å². The summed E-state index contributed by atoms with van der Waals surface area (Å²) in [7, 11) is 0. The minimum absolute atomic E-state index is 0.207. The Morgan fingerprint density at radius 1 is 0.495 bits per heavy atom. The predicted octanol–water partition coefficient (Wildman–Crippen LogP) is -12.0. The molecule has 6 saturated heterocycles. The Kier molecular flexibility index (Phi) is 30.3. The van der Waals surface area contributed by atoms with Gasteiger partial charge in [-0.1, -0.05) is 12.1 Å². The van der Waals surface area contributed by atoms with Crippen molar-refractivity contribution in [2.24, 2.45) is 11.7 Å². The topological polar surface area (TPSA) is 568 Å². The lowest BCUT2D eigenvalue weighted by atomic mass is 9.91. The molecule has 6 aliphatic rings. The Bertz CT molecular complexity index is 2360. The van der Waals surface area contributed by atoms with Crippen LogP contribution in [0.15, 0.2) is 6.20 Å². The highest BCUT2D eigenvalue weighted by molar-refractivity contribution is 5.73. The summed E-state index contributed by atoms with van der Waals surface area (Å²) in [5, 5.41) is 188. The minimum Gasteiger partial charge on any atom is -0.394 e. The largest absolute Gasteiger partial charge is 0.394 e. The van der Waals surface area contributed by atoms with Crippen LogP contribution >= 0.6 is 0 Å². The van der Waals surface area contributed by atoms with Gasteiger partial charge in [0.15, 0.2) is 37.7 Å². The van der Waals surface area contributed by atoms with Gasteiger partial charge in [0, 0.05) is 26.3 Å². The molecule has 39 nitrogen and oxygen atoms in total. The molecule has 30 atom stereocenters. The lowest BCUT2D eigenvalue weighted by Crippen LogP contribution is -2.71. The molecule has 93 heavy (non-hydrogen) atoms. The Morgan fingerprint density at radius 2 is 0.978 bits per heavy atom. The smallest absolute Gasteiger partial charge is 0.221 e. The van der Waals surface area contributed by atoms with Crippen molar-refractivity contribution in [2.45, 2.75) is 219 Å². The third-order valence-corrected chi connectivity index (χ3v) is 16.6. The fraction of sp³-hybridized carbons (Fsp3) is 0.926. The van der Waals surface area contributed by atoms with Crippen LogP contribution in [-0.4, -0.2) is 384 Å². The summed E-state index contributed by atoms with van der Waals surface area (Å²) >= 11 is 0. The van der Waals surface area contributed by atoms with Gasteiger partial charge in [-0.3, -0.25) is 9.59 Å². The highest BCUT2D eigenvalue weighted by Gasteiger charge is 2.59. The number of aromatic nitrogens is 3. The summed E-state index contributed by atoms with van der Waals surface area (Å²) in [6.07, 6.45) is -50.6. The molecular formula is C54H94N6O33. The Hall–Kier alpha value is -3.20. The maximum absolute atomic E-state index is 13.2. The molecule has 7 rings (SSSR count). The van der Waals surface area contributed by atoms with Crippen LogP contribution in [0.1, 0.15) is 33.4 Å². The van der Waals surface area contributed by atoms with Gasteiger partial charge in [-0.2, -0.15) is 0 Å². The van der Waals surface area contributed by atoms with Crippen LogP contribution in [0.5, 0.6) is 0 Å². The third kappa shape index (κ3) is 19.2. The summed E-state index contributed by atoms with van der Waals surface area (Å²) in [6.45, 7) is 3.04. The van der Waals surface area contributed by atoms with E-state index in [0.717, 1.165) is 18.7 Å². The van der Waals surface area contributed by atoms with Crippen molar-refractivity contribution in [3.8, 4) is 0 Å². The lowest BCUT2D eigenvalue weighted by molar-refractivity contribution is -0.402. The SMILES string of the molecule is CC(=O)N[C@@H]1C(O[C@@H]2[C@H](O)C(O[C@H]3C(O)C(O)C(N(Cc4cn(CCOCCOCCOCCOCCN)nn4)C(C)=O)O[C@H]3CO)OC(CO)[C@@H]2O)OC(CO)[C@@H](O)[C@@H]1OC1OC(CO)[C@H](O)[C@H](OC2OC(CO)[C@H](O)[C@H](O)[C@@H]2C)[C@@H]1OC1OC(C)[C@@H](O)[C@H](O)[C@H]1O. The first-order valence-electron chi connectivity index (χ1n) is 30.6. The molecule has 0 radical (unpaired) electrons. The number of nitrogens with zero attached hydrogens (tertiary/aromatic N) is 4. The number of ether oxygens (including phenoxy) is 15. The molecule has 0 aliphatic carbocycles. The van der Waals surface area contributed by atoms with E-state index in [-0.39, 0.29) is 32.0 Å². The molecule has 538 valence electrons. The number of amides is 2. The first-order valence-corrected chi connectivity index (χ1v) is 30.6. The quantitative estimate of drug-likeness (QED) is 0.0291. The zero-order valence-corrected chi connectivity index (χ0v) is 51.7. The number of aliphatic hydroxyl groups excluding tert-OH is 16.